The average Bonchev–Trinajstić information content (AvgIpc) is 3.23. The molecule has 2 aromatic carbocycles. The van der Waals surface area contributed by atoms with E-state index in [2.05, 4.69) is 10.3 Å². The molecule has 162 valence electrons. The third-order valence-corrected chi connectivity index (χ3v) is 5.04. The van der Waals surface area contributed by atoms with Crippen molar-refractivity contribution in [3.63, 3.8) is 0 Å². The predicted octanol–water partition coefficient (Wildman–Crippen LogP) is 4.55. The van der Waals surface area contributed by atoms with E-state index in [-0.39, 0.29) is 23.8 Å². The van der Waals surface area contributed by atoms with E-state index in [4.69, 9.17) is 4.74 Å². The first-order chi connectivity index (χ1) is 14.6. The molecular weight excluding hydrogens is 431 g/mol. The number of halogens is 3. The number of alkyl halides is 3. The fourth-order valence-corrected chi connectivity index (χ4v) is 3.24. The SMILES string of the molecule is CN(C)C(=O)COc1ccc(NC(=O)c2csc(-c3cccc(C(F)(F)F)c3)n2)cc1. The highest BCUT2D eigenvalue weighted by atomic mass is 32.1. The maximum absolute atomic E-state index is 12.9. The van der Waals surface area contributed by atoms with Gasteiger partial charge in [0.2, 0.25) is 0 Å². The first kappa shape index (κ1) is 22.3. The molecule has 1 heterocycles. The van der Waals surface area contributed by atoms with Gasteiger partial charge < -0.3 is 15.0 Å². The molecule has 3 rings (SSSR count). The molecule has 0 aliphatic rings. The molecule has 0 bridgehead atoms. The Morgan fingerprint density at radius 2 is 1.84 bits per heavy atom. The largest absolute Gasteiger partial charge is 0.484 e. The number of nitrogens with zero attached hydrogens (tertiary/aromatic N) is 2. The van der Waals surface area contributed by atoms with Crippen molar-refractivity contribution in [1.82, 2.24) is 9.88 Å². The highest BCUT2D eigenvalue weighted by Gasteiger charge is 2.30. The van der Waals surface area contributed by atoms with Crippen molar-refractivity contribution in [2.24, 2.45) is 0 Å². The van der Waals surface area contributed by atoms with Crippen molar-refractivity contribution < 1.29 is 27.5 Å². The van der Waals surface area contributed by atoms with Gasteiger partial charge in [0.1, 0.15) is 16.5 Å². The zero-order valence-electron chi connectivity index (χ0n) is 16.6. The van der Waals surface area contributed by atoms with Gasteiger partial charge >= 0.3 is 6.18 Å². The smallest absolute Gasteiger partial charge is 0.416 e. The van der Waals surface area contributed by atoms with Crippen LogP contribution in [0.3, 0.4) is 0 Å². The molecule has 0 spiro atoms. The Morgan fingerprint density at radius 1 is 1.13 bits per heavy atom. The Morgan fingerprint density at radius 3 is 2.48 bits per heavy atom. The molecule has 1 N–H and O–H groups in total. The third-order valence-electron chi connectivity index (χ3n) is 4.15. The van der Waals surface area contributed by atoms with Crippen molar-refractivity contribution in [1.29, 1.82) is 0 Å². The Labute approximate surface area is 180 Å². The van der Waals surface area contributed by atoms with E-state index < -0.39 is 17.6 Å². The number of aromatic nitrogens is 1. The van der Waals surface area contributed by atoms with Crippen LogP contribution in [0, 0.1) is 0 Å². The lowest BCUT2D eigenvalue weighted by atomic mass is 10.1. The van der Waals surface area contributed by atoms with E-state index in [1.807, 2.05) is 0 Å². The van der Waals surface area contributed by atoms with E-state index in [1.165, 1.54) is 22.4 Å². The van der Waals surface area contributed by atoms with Crippen molar-refractivity contribution in [2.75, 3.05) is 26.0 Å². The number of likely N-dealkylation sites (N-methyl/N-ethyl adjacent to an activating group) is 1. The van der Waals surface area contributed by atoms with Crippen molar-refractivity contribution in [3.8, 4) is 16.3 Å². The molecular formula is C21H18F3N3O3S. The molecule has 0 radical (unpaired) electrons. The van der Waals surface area contributed by atoms with Crippen molar-refractivity contribution >= 4 is 28.8 Å². The summed E-state index contributed by atoms with van der Waals surface area (Å²) in [5, 5.41) is 4.46. The molecule has 2 amide bonds. The van der Waals surface area contributed by atoms with Gasteiger partial charge in [-0.05, 0) is 36.4 Å². The minimum atomic E-state index is -4.46. The van der Waals surface area contributed by atoms with Gasteiger partial charge in [-0.15, -0.1) is 11.3 Å². The number of carbonyl (C=O) groups excluding carboxylic acids is 2. The Bertz CT molecular complexity index is 1080. The topological polar surface area (TPSA) is 71.5 Å². The van der Waals surface area contributed by atoms with Crippen molar-refractivity contribution in [2.45, 2.75) is 6.18 Å². The van der Waals surface area contributed by atoms with Crippen LogP contribution >= 0.6 is 11.3 Å². The van der Waals surface area contributed by atoms with Crippen LogP contribution < -0.4 is 10.1 Å². The summed E-state index contributed by atoms with van der Waals surface area (Å²) >= 11 is 1.08. The van der Waals surface area contributed by atoms with Gasteiger partial charge in [0.05, 0.1) is 5.56 Å². The van der Waals surface area contributed by atoms with E-state index >= 15 is 0 Å². The summed E-state index contributed by atoms with van der Waals surface area (Å²) in [6, 6.07) is 11.2. The molecule has 31 heavy (non-hydrogen) atoms. The summed E-state index contributed by atoms with van der Waals surface area (Å²) in [7, 11) is 3.25. The summed E-state index contributed by atoms with van der Waals surface area (Å²) in [4.78, 5) is 29.5. The lowest BCUT2D eigenvalue weighted by Gasteiger charge is -2.11. The summed E-state index contributed by atoms with van der Waals surface area (Å²) in [5.41, 5.74) is 0.0765. The van der Waals surface area contributed by atoms with Gasteiger partial charge in [0.15, 0.2) is 6.61 Å². The molecule has 10 heteroatoms. The van der Waals surface area contributed by atoms with E-state index in [0.29, 0.717) is 16.4 Å². The number of benzene rings is 2. The number of hydrogen-bond acceptors (Lipinski definition) is 5. The first-order valence-corrected chi connectivity index (χ1v) is 9.89. The summed E-state index contributed by atoms with van der Waals surface area (Å²) in [5.74, 6) is -0.211. The number of ether oxygens (including phenoxy) is 1. The zero-order chi connectivity index (χ0) is 22.6. The number of carbonyl (C=O) groups is 2. The first-order valence-electron chi connectivity index (χ1n) is 9.01. The highest BCUT2D eigenvalue weighted by molar-refractivity contribution is 7.13. The van der Waals surface area contributed by atoms with E-state index in [1.54, 1.807) is 38.4 Å². The van der Waals surface area contributed by atoms with Crippen LogP contribution in [0.25, 0.3) is 10.6 Å². The van der Waals surface area contributed by atoms with Crippen LogP contribution in [0.1, 0.15) is 16.1 Å². The molecule has 3 aromatic rings. The fourth-order valence-electron chi connectivity index (χ4n) is 2.44. The molecule has 0 unspecified atom stereocenters. The molecule has 6 nitrogen and oxygen atoms in total. The fraction of sp³-hybridized carbons (Fsp3) is 0.190. The summed E-state index contributed by atoms with van der Waals surface area (Å²) in [6.07, 6.45) is -4.46. The van der Waals surface area contributed by atoms with Crippen molar-refractivity contribution in [3.05, 3.63) is 65.2 Å². The second kappa shape index (κ2) is 9.17. The van der Waals surface area contributed by atoms with Gasteiger partial charge in [-0.2, -0.15) is 13.2 Å². The standard InChI is InChI=1S/C21H18F3N3O3S/c1-27(2)18(28)11-30-16-8-6-15(7-9-16)25-19(29)17-12-31-20(26-17)13-4-3-5-14(10-13)21(22,23)24/h3-10,12H,11H2,1-2H3,(H,25,29). The molecule has 0 fully saturated rings. The summed E-state index contributed by atoms with van der Waals surface area (Å²) < 4.78 is 44.1. The highest BCUT2D eigenvalue weighted by Crippen LogP contribution is 2.33. The number of nitrogens with one attached hydrogen (secondary N) is 1. The minimum absolute atomic E-state index is 0.0920. The summed E-state index contributed by atoms with van der Waals surface area (Å²) in [6.45, 7) is -0.101. The number of thiazole rings is 1. The number of anilines is 1. The van der Waals surface area contributed by atoms with Crippen LogP contribution in [0.15, 0.2) is 53.9 Å². The Hall–Kier alpha value is -3.40. The molecule has 0 saturated heterocycles. The third kappa shape index (κ3) is 5.82. The van der Waals surface area contributed by atoms with Gasteiger partial charge in [-0.3, -0.25) is 9.59 Å². The van der Waals surface area contributed by atoms with E-state index in [9.17, 15) is 22.8 Å². The number of rotatable bonds is 6. The molecule has 0 aliphatic carbocycles. The molecule has 0 atom stereocenters. The second-order valence-electron chi connectivity index (χ2n) is 6.67. The Balaban J connectivity index is 1.64. The van der Waals surface area contributed by atoms with Gasteiger partial charge in [-0.25, -0.2) is 4.98 Å². The normalized spacial score (nSPS) is 11.1. The van der Waals surface area contributed by atoms with Crippen LogP contribution in [0.2, 0.25) is 0 Å². The maximum Gasteiger partial charge on any atom is 0.416 e. The number of hydrogen-bond donors (Lipinski definition) is 1. The lowest BCUT2D eigenvalue weighted by Crippen LogP contribution is -2.27. The lowest BCUT2D eigenvalue weighted by molar-refractivity contribution is -0.137. The second-order valence-corrected chi connectivity index (χ2v) is 7.53. The monoisotopic (exact) mass is 449 g/mol. The average molecular weight is 449 g/mol. The van der Waals surface area contributed by atoms with E-state index in [0.717, 1.165) is 23.5 Å². The molecule has 1 aromatic heterocycles. The zero-order valence-corrected chi connectivity index (χ0v) is 17.4. The Kier molecular flexibility index (Phi) is 6.59. The van der Waals surface area contributed by atoms with Gasteiger partial charge in [0, 0.05) is 30.7 Å². The quantitative estimate of drug-likeness (QED) is 0.600. The van der Waals surface area contributed by atoms with Crippen LogP contribution in [0.5, 0.6) is 5.75 Å². The van der Waals surface area contributed by atoms with Crippen LogP contribution in [-0.4, -0.2) is 42.4 Å². The van der Waals surface area contributed by atoms with Crippen LogP contribution in [-0.2, 0) is 11.0 Å². The predicted molar refractivity (Wildman–Crippen MR) is 111 cm³/mol. The maximum atomic E-state index is 12.9. The van der Waals surface area contributed by atoms with Crippen LogP contribution in [0.4, 0.5) is 18.9 Å². The molecule has 0 aliphatic heterocycles. The number of amides is 2. The van der Waals surface area contributed by atoms with Gasteiger partial charge in [0.25, 0.3) is 11.8 Å². The van der Waals surface area contributed by atoms with Gasteiger partial charge in [-0.1, -0.05) is 12.1 Å². The minimum Gasteiger partial charge on any atom is -0.484 e. The molecule has 0 saturated carbocycles.